The largest absolute Gasteiger partial charge is 0.382 e. The molecular formula is C29H31N5OS. The maximum Gasteiger partial charge on any atom is 0.252 e. The summed E-state index contributed by atoms with van der Waals surface area (Å²) in [6.07, 6.45) is 6.29. The Kier molecular flexibility index (Phi) is 6.42. The number of nitrogens with zero attached hydrogens (tertiary/aromatic N) is 4. The fourth-order valence-electron chi connectivity index (χ4n) is 5.58. The molecule has 2 N–H and O–H groups in total. The molecule has 3 heterocycles. The van der Waals surface area contributed by atoms with Crippen molar-refractivity contribution in [3.8, 4) is 11.3 Å². The summed E-state index contributed by atoms with van der Waals surface area (Å²) in [6, 6.07) is 20.5. The van der Waals surface area contributed by atoms with Crippen LogP contribution >= 0.6 is 11.3 Å². The fraction of sp³-hybridized carbons (Fsp3) is 0.345. The number of amidine groups is 1. The Morgan fingerprint density at radius 2 is 1.78 bits per heavy atom. The number of thiazole rings is 1. The molecule has 2 aromatic carbocycles. The van der Waals surface area contributed by atoms with Gasteiger partial charge in [-0.3, -0.25) is 14.1 Å². The Balaban J connectivity index is 1.32. The summed E-state index contributed by atoms with van der Waals surface area (Å²) in [5, 5.41) is 0. The van der Waals surface area contributed by atoms with Gasteiger partial charge in [0.15, 0.2) is 10.8 Å². The molecule has 2 aromatic heterocycles. The van der Waals surface area contributed by atoms with Crippen molar-refractivity contribution in [1.29, 1.82) is 0 Å². The molecule has 0 bridgehead atoms. The zero-order chi connectivity index (χ0) is 24.5. The second kappa shape index (κ2) is 9.99. The van der Waals surface area contributed by atoms with Gasteiger partial charge in [-0.15, -0.1) is 11.3 Å². The predicted octanol–water partition coefficient (Wildman–Crippen LogP) is 5.09. The quantitative estimate of drug-likeness (QED) is 0.308. The Morgan fingerprint density at radius 3 is 2.58 bits per heavy atom. The van der Waals surface area contributed by atoms with E-state index < -0.39 is 0 Å². The van der Waals surface area contributed by atoms with E-state index in [1.54, 1.807) is 11.3 Å². The van der Waals surface area contributed by atoms with Gasteiger partial charge in [0, 0.05) is 29.2 Å². The van der Waals surface area contributed by atoms with Gasteiger partial charge in [-0.25, -0.2) is 4.98 Å². The number of piperidine rings is 1. The number of carbonyl (C=O) groups is 1. The maximum absolute atomic E-state index is 13.4. The molecule has 184 valence electrons. The first kappa shape index (κ1) is 23.1. The lowest BCUT2D eigenvalue weighted by Gasteiger charge is -2.31. The second-order valence-corrected chi connectivity index (χ2v) is 10.9. The molecule has 0 radical (unpaired) electrons. The van der Waals surface area contributed by atoms with Crippen LogP contribution in [0, 0.1) is 5.92 Å². The number of likely N-dealkylation sites (tertiary alicyclic amines) is 1. The summed E-state index contributed by atoms with van der Waals surface area (Å²) in [5.41, 5.74) is 11.8. The van der Waals surface area contributed by atoms with Crippen molar-refractivity contribution < 1.29 is 4.79 Å². The zero-order valence-corrected chi connectivity index (χ0v) is 21.2. The van der Waals surface area contributed by atoms with Crippen LogP contribution in [0.15, 0.2) is 65.7 Å². The van der Waals surface area contributed by atoms with Crippen LogP contribution in [0.2, 0.25) is 0 Å². The van der Waals surface area contributed by atoms with Gasteiger partial charge in [0.25, 0.3) is 5.91 Å². The first-order chi connectivity index (χ1) is 17.7. The SMILES string of the molecule is NC(=NC(=O)C1CCCN(Cc2ccccc2)C1)c1c(-c2ccccc2)nc2sc3c(n12)CCCC3. The fourth-order valence-corrected chi connectivity index (χ4v) is 6.78. The Morgan fingerprint density at radius 1 is 1.03 bits per heavy atom. The van der Waals surface area contributed by atoms with E-state index in [4.69, 9.17) is 10.7 Å². The number of aromatic nitrogens is 2. The zero-order valence-electron chi connectivity index (χ0n) is 20.4. The summed E-state index contributed by atoms with van der Waals surface area (Å²) in [5.74, 6) is 0.0158. The van der Waals surface area contributed by atoms with E-state index in [9.17, 15) is 4.79 Å². The highest BCUT2D eigenvalue weighted by Gasteiger charge is 2.28. The molecule has 1 unspecified atom stereocenters. The molecule has 0 saturated carbocycles. The Bertz CT molecular complexity index is 1410. The summed E-state index contributed by atoms with van der Waals surface area (Å²) >= 11 is 1.74. The van der Waals surface area contributed by atoms with Crippen LogP contribution in [0.4, 0.5) is 0 Å². The highest BCUT2D eigenvalue weighted by Crippen LogP contribution is 2.35. The van der Waals surface area contributed by atoms with Crippen LogP contribution in [0.3, 0.4) is 0 Å². The van der Waals surface area contributed by atoms with Crippen LogP contribution in [0.25, 0.3) is 16.2 Å². The normalized spacial score (nSPS) is 18.9. The average Bonchev–Trinajstić information content (AvgIpc) is 3.46. The van der Waals surface area contributed by atoms with Crippen molar-refractivity contribution >= 4 is 28.0 Å². The second-order valence-electron chi connectivity index (χ2n) is 9.87. The predicted molar refractivity (Wildman–Crippen MR) is 145 cm³/mol. The maximum atomic E-state index is 13.4. The summed E-state index contributed by atoms with van der Waals surface area (Å²) in [7, 11) is 0. The molecule has 6 nitrogen and oxygen atoms in total. The van der Waals surface area contributed by atoms with E-state index in [1.165, 1.54) is 22.6 Å². The number of hydrogen-bond donors (Lipinski definition) is 1. The number of aliphatic imine (C=N–C) groups is 1. The lowest BCUT2D eigenvalue weighted by Crippen LogP contribution is -2.38. The highest BCUT2D eigenvalue weighted by molar-refractivity contribution is 7.17. The minimum atomic E-state index is -0.138. The molecule has 1 fully saturated rings. The molecule has 36 heavy (non-hydrogen) atoms. The molecule has 2 aliphatic rings. The van der Waals surface area contributed by atoms with Gasteiger partial charge in [-0.05, 0) is 50.6 Å². The van der Waals surface area contributed by atoms with Gasteiger partial charge >= 0.3 is 0 Å². The van der Waals surface area contributed by atoms with Crippen LogP contribution in [0.5, 0.6) is 0 Å². The lowest BCUT2D eigenvalue weighted by atomic mass is 9.97. The van der Waals surface area contributed by atoms with Crippen molar-refractivity contribution in [2.75, 3.05) is 13.1 Å². The summed E-state index contributed by atoms with van der Waals surface area (Å²) in [6.45, 7) is 2.57. The van der Waals surface area contributed by atoms with Crippen LogP contribution in [0.1, 0.15) is 47.5 Å². The average molecular weight is 498 g/mol. The molecule has 1 saturated heterocycles. The molecule has 4 aromatic rings. The van der Waals surface area contributed by atoms with Crippen molar-refractivity contribution in [3.05, 3.63) is 82.5 Å². The number of carbonyl (C=O) groups excluding carboxylic acids is 1. The standard InChI is InChI=1S/C29H31N5OS/c30-27(32-28(35)22-14-9-17-33(19-22)18-20-10-3-1-4-11-20)26-25(21-12-5-2-6-13-21)31-29-34(26)23-15-7-8-16-24(23)36-29/h1-6,10-13,22H,7-9,14-19H2,(H2,30,32,35). The highest BCUT2D eigenvalue weighted by atomic mass is 32.1. The van der Waals surface area contributed by atoms with E-state index in [2.05, 4.69) is 38.6 Å². The molecule has 0 spiro atoms. The van der Waals surface area contributed by atoms with Gasteiger partial charge in [0.1, 0.15) is 11.4 Å². The van der Waals surface area contributed by atoms with Gasteiger partial charge in [-0.2, -0.15) is 4.99 Å². The molecule has 1 amide bonds. The topological polar surface area (TPSA) is 76.0 Å². The molecule has 7 heteroatoms. The third-order valence-electron chi connectivity index (χ3n) is 7.34. The van der Waals surface area contributed by atoms with E-state index >= 15 is 0 Å². The van der Waals surface area contributed by atoms with Crippen LogP contribution in [-0.4, -0.2) is 39.1 Å². The van der Waals surface area contributed by atoms with Crippen molar-refractivity contribution in [2.24, 2.45) is 16.6 Å². The third kappa shape index (κ3) is 4.49. The van der Waals surface area contributed by atoms with Crippen molar-refractivity contribution in [1.82, 2.24) is 14.3 Å². The van der Waals surface area contributed by atoms with E-state index in [0.29, 0.717) is 6.54 Å². The lowest BCUT2D eigenvalue weighted by molar-refractivity contribution is -0.123. The summed E-state index contributed by atoms with van der Waals surface area (Å²) < 4.78 is 2.18. The minimum Gasteiger partial charge on any atom is -0.382 e. The van der Waals surface area contributed by atoms with Gasteiger partial charge in [0.05, 0.1) is 5.92 Å². The minimum absolute atomic E-state index is 0.122. The van der Waals surface area contributed by atoms with E-state index in [-0.39, 0.29) is 17.7 Å². The number of amides is 1. The Hall–Kier alpha value is -3.29. The number of nitrogens with two attached hydrogens (primary N) is 1. The first-order valence-electron chi connectivity index (χ1n) is 12.9. The van der Waals surface area contributed by atoms with E-state index in [1.807, 2.05) is 36.4 Å². The third-order valence-corrected chi connectivity index (χ3v) is 8.49. The van der Waals surface area contributed by atoms with Crippen LogP contribution < -0.4 is 5.73 Å². The number of aryl methyl sites for hydroxylation is 2. The smallest absolute Gasteiger partial charge is 0.252 e. The van der Waals surface area contributed by atoms with Gasteiger partial charge in [0.2, 0.25) is 0 Å². The van der Waals surface area contributed by atoms with Gasteiger partial charge in [-0.1, -0.05) is 60.7 Å². The van der Waals surface area contributed by atoms with Gasteiger partial charge < -0.3 is 5.73 Å². The number of fused-ring (bicyclic) bond motifs is 3. The van der Waals surface area contributed by atoms with Crippen molar-refractivity contribution in [2.45, 2.75) is 45.1 Å². The van der Waals surface area contributed by atoms with E-state index in [0.717, 1.165) is 67.1 Å². The molecule has 1 atom stereocenters. The summed E-state index contributed by atoms with van der Waals surface area (Å²) in [4.78, 5) is 27.6. The number of benzene rings is 2. The van der Waals surface area contributed by atoms with Crippen LogP contribution in [-0.2, 0) is 24.2 Å². The van der Waals surface area contributed by atoms with Crippen molar-refractivity contribution in [3.63, 3.8) is 0 Å². The number of imidazole rings is 1. The molecule has 6 rings (SSSR count). The monoisotopic (exact) mass is 497 g/mol. The number of rotatable bonds is 5. The molecular weight excluding hydrogens is 466 g/mol. The Labute approximate surface area is 215 Å². The molecule has 1 aliphatic heterocycles. The number of hydrogen-bond acceptors (Lipinski definition) is 4. The molecule has 1 aliphatic carbocycles. The first-order valence-corrected chi connectivity index (χ1v) is 13.7.